The summed E-state index contributed by atoms with van der Waals surface area (Å²) in [6, 6.07) is 0. The molecule has 1 fully saturated rings. The fourth-order valence-corrected chi connectivity index (χ4v) is 2.65. The van der Waals surface area contributed by atoms with E-state index in [1.807, 2.05) is 0 Å². The number of rotatable bonds is 8. The summed E-state index contributed by atoms with van der Waals surface area (Å²) in [4.78, 5) is 0. The van der Waals surface area contributed by atoms with Gasteiger partial charge in [-0.15, -0.1) is 0 Å². The predicted molar refractivity (Wildman–Crippen MR) is 84.5 cm³/mol. The van der Waals surface area contributed by atoms with E-state index in [-0.39, 0.29) is 24.4 Å². The molecule has 0 saturated carbocycles. The highest BCUT2D eigenvalue weighted by molar-refractivity contribution is 4.91. The third-order valence-electron chi connectivity index (χ3n) is 3.97. The molecule has 1 saturated heterocycles. The summed E-state index contributed by atoms with van der Waals surface area (Å²) in [6.45, 7) is 15.0. The molecule has 0 bridgehead atoms. The van der Waals surface area contributed by atoms with Crippen LogP contribution in [-0.4, -0.2) is 51.3 Å². The lowest BCUT2D eigenvalue weighted by molar-refractivity contribution is -0.228. The van der Waals surface area contributed by atoms with E-state index in [2.05, 4.69) is 41.5 Å². The molecule has 4 nitrogen and oxygen atoms in total. The van der Waals surface area contributed by atoms with E-state index in [9.17, 15) is 0 Å². The zero-order valence-electron chi connectivity index (χ0n) is 14.8. The average Bonchev–Trinajstić information content (AvgIpc) is 2.40. The molecule has 21 heavy (non-hydrogen) atoms. The molecule has 0 radical (unpaired) electrons. The maximum atomic E-state index is 6.13. The van der Waals surface area contributed by atoms with Gasteiger partial charge in [0, 0.05) is 26.2 Å². The van der Waals surface area contributed by atoms with E-state index in [0.717, 1.165) is 13.2 Å². The maximum Gasteiger partial charge on any atom is 0.112 e. The first-order valence-corrected chi connectivity index (χ1v) is 8.24. The summed E-state index contributed by atoms with van der Waals surface area (Å²) in [7, 11) is 1.73. The number of methoxy groups -OCH3 is 1. The van der Waals surface area contributed by atoms with Crippen molar-refractivity contribution in [3.05, 3.63) is 0 Å². The fraction of sp³-hybridized carbons (Fsp3) is 1.00. The molecule has 4 heteroatoms. The molecule has 0 aromatic heterocycles. The van der Waals surface area contributed by atoms with Crippen LogP contribution in [0.4, 0.5) is 0 Å². The normalized spacial score (nSPS) is 33.9. The lowest BCUT2D eigenvalue weighted by Gasteiger charge is -2.44. The molecule has 0 aliphatic carbocycles. The summed E-state index contributed by atoms with van der Waals surface area (Å²) in [6.07, 6.45) is 0.0919. The Hall–Kier alpha value is -0.160. The Labute approximate surface area is 130 Å². The molecule has 0 aromatic carbocycles. The van der Waals surface area contributed by atoms with Crippen LogP contribution in [-0.2, 0) is 18.9 Å². The van der Waals surface area contributed by atoms with Crippen molar-refractivity contribution in [1.82, 2.24) is 0 Å². The zero-order chi connectivity index (χ0) is 16.0. The minimum absolute atomic E-state index is 0.0582. The average molecular weight is 302 g/mol. The third kappa shape index (κ3) is 5.85. The molecule has 0 N–H and O–H groups in total. The van der Waals surface area contributed by atoms with Gasteiger partial charge in [0.1, 0.15) is 12.2 Å². The minimum atomic E-state index is -0.0675. The Balaban J connectivity index is 2.65. The van der Waals surface area contributed by atoms with E-state index in [0.29, 0.717) is 24.4 Å². The molecule has 1 aliphatic heterocycles. The highest BCUT2D eigenvalue weighted by Crippen LogP contribution is 2.30. The smallest absolute Gasteiger partial charge is 0.112 e. The number of hydrogen-bond donors (Lipinski definition) is 0. The van der Waals surface area contributed by atoms with Gasteiger partial charge in [-0.2, -0.15) is 0 Å². The number of ether oxygens (including phenoxy) is 4. The van der Waals surface area contributed by atoms with Gasteiger partial charge >= 0.3 is 0 Å². The second-order valence-corrected chi connectivity index (χ2v) is 7.06. The molecule has 5 unspecified atom stereocenters. The summed E-state index contributed by atoms with van der Waals surface area (Å²) in [5.41, 5.74) is 0. The molecule has 0 amide bonds. The lowest BCUT2D eigenvalue weighted by atomic mass is 9.88. The van der Waals surface area contributed by atoms with Crippen LogP contribution in [0.15, 0.2) is 0 Å². The van der Waals surface area contributed by atoms with E-state index in [4.69, 9.17) is 18.9 Å². The SMILES string of the molecule is COC1C(COCC(C)C)OC(C)C(C)C1OCC(C)C. The first-order valence-electron chi connectivity index (χ1n) is 8.24. The van der Waals surface area contributed by atoms with Crippen LogP contribution in [0.1, 0.15) is 41.5 Å². The van der Waals surface area contributed by atoms with E-state index in [1.165, 1.54) is 0 Å². The summed E-state index contributed by atoms with van der Waals surface area (Å²) in [5.74, 6) is 1.36. The van der Waals surface area contributed by atoms with Crippen LogP contribution in [0.2, 0.25) is 0 Å². The Kier molecular flexibility index (Phi) is 8.17. The van der Waals surface area contributed by atoms with Gasteiger partial charge in [0.15, 0.2) is 0 Å². The van der Waals surface area contributed by atoms with Crippen LogP contribution < -0.4 is 0 Å². The molecule has 126 valence electrons. The van der Waals surface area contributed by atoms with Crippen LogP contribution >= 0.6 is 0 Å². The van der Waals surface area contributed by atoms with Crippen LogP contribution in [0.25, 0.3) is 0 Å². The largest absolute Gasteiger partial charge is 0.378 e. The van der Waals surface area contributed by atoms with Crippen molar-refractivity contribution in [3.63, 3.8) is 0 Å². The minimum Gasteiger partial charge on any atom is -0.378 e. The van der Waals surface area contributed by atoms with E-state index in [1.54, 1.807) is 7.11 Å². The molecular weight excluding hydrogens is 268 g/mol. The third-order valence-corrected chi connectivity index (χ3v) is 3.97. The Morgan fingerprint density at radius 2 is 1.57 bits per heavy atom. The van der Waals surface area contributed by atoms with Crippen molar-refractivity contribution in [2.24, 2.45) is 17.8 Å². The van der Waals surface area contributed by atoms with Crippen molar-refractivity contribution in [2.45, 2.75) is 66.0 Å². The van der Waals surface area contributed by atoms with E-state index < -0.39 is 0 Å². The second-order valence-electron chi connectivity index (χ2n) is 7.06. The van der Waals surface area contributed by atoms with Crippen molar-refractivity contribution < 1.29 is 18.9 Å². The second kappa shape index (κ2) is 9.09. The Morgan fingerprint density at radius 3 is 2.10 bits per heavy atom. The summed E-state index contributed by atoms with van der Waals surface area (Å²) < 4.78 is 23.7. The molecule has 0 aromatic rings. The number of hydrogen-bond acceptors (Lipinski definition) is 4. The van der Waals surface area contributed by atoms with Gasteiger partial charge in [-0.3, -0.25) is 0 Å². The highest BCUT2D eigenvalue weighted by atomic mass is 16.6. The van der Waals surface area contributed by atoms with Gasteiger partial charge in [-0.1, -0.05) is 34.6 Å². The summed E-state index contributed by atoms with van der Waals surface area (Å²) in [5, 5.41) is 0. The fourth-order valence-electron chi connectivity index (χ4n) is 2.65. The quantitative estimate of drug-likeness (QED) is 0.690. The molecule has 1 heterocycles. The van der Waals surface area contributed by atoms with Gasteiger partial charge in [-0.05, 0) is 18.8 Å². The van der Waals surface area contributed by atoms with Crippen LogP contribution in [0, 0.1) is 17.8 Å². The van der Waals surface area contributed by atoms with Gasteiger partial charge < -0.3 is 18.9 Å². The van der Waals surface area contributed by atoms with Gasteiger partial charge in [0.2, 0.25) is 0 Å². The van der Waals surface area contributed by atoms with Gasteiger partial charge in [0.25, 0.3) is 0 Å². The predicted octanol–water partition coefficient (Wildman–Crippen LogP) is 3.14. The molecule has 0 spiro atoms. The maximum absolute atomic E-state index is 6.13. The van der Waals surface area contributed by atoms with Crippen LogP contribution in [0.5, 0.6) is 0 Å². The first kappa shape index (κ1) is 18.9. The highest BCUT2D eigenvalue weighted by Gasteiger charge is 2.43. The van der Waals surface area contributed by atoms with Gasteiger partial charge in [0.05, 0.1) is 18.8 Å². The molecule has 1 rings (SSSR count). The monoisotopic (exact) mass is 302 g/mol. The first-order chi connectivity index (χ1) is 9.86. The van der Waals surface area contributed by atoms with E-state index >= 15 is 0 Å². The van der Waals surface area contributed by atoms with Crippen LogP contribution in [0.3, 0.4) is 0 Å². The molecular formula is C17H34O4. The topological polar surface area (TPSA) is 36.9 Å². The zero-order valence-corrected chi connectivity index (χ0v) is 14.8. The van der Waals surface area contributed by atoms with Crippen molar-refractivity contribution in [2.75, 3.05) is 26.9 Å². The standard InChI is InChI=1S/C17H34O4/c1-11(2)8-19-10-15-17(18-7)16(20-9-12(3)4)13(5)14(6)21-15/h11-17H,8-10H2,1-7H3. The molecule has 5 atom stereocenters. The Bertz CT molecular complexity index is 280. The Morgan fingerprint density at radius 1 is 0.952 bits per heavy atom. The van der Waals surface area contributed by atoms with Gasteiger partial charge in [-0.25, -0.2) is 0 Å². The molecule has 1 aliphatic rings. The van der Waals surface area contributed by atoms with Crippen molar-refractivity contribution in [3.8, 4) is 0 Å². The van der Waals surface area contributed by atoms with Crippen molar-refractivity contribution in [1.29, 1.82) is 0 Å². The summed E-state index contributed by atoms with van der Waals surface area (Å²) >= 11 is 0. The lowest BCUT2D eigenvalue weighted by Crippen LogP contribution is -2.56. The van der Waals surface area contributed by atoms with Crippen molar-refractivity contribution >= 4 is 0 Å².